The summed E-state index contributed by atoms with van der Waals surface area (Å²) < 4.78 is 5.21. The molecular weight excluding hydrogens is 212 g/mol. The molecular formula is C14H22N2O. The van der Waals surface area contributed by atoms with Gasteiger partial charge in [0.1, 0.15) is 0 Å². The number of methoxy groups -OCH3 is 1. The third kappa shape index (κ3) is 3.62. The molecule has 0 saturated heterocycles. The van der Waals surface area contributed by atoms with Crippen molar-refractivity contribution >= 4 is 5.69 Å². The van der Waals surface area contributed by atoms with Crippen LogP contribution in [0.4, 0.5) is 5.69 Å². The van der Waals surface area contributed by atoms with E-state index in [1.165, 1.54) is 38.5 Å². The first-order valence-corrected chi connectivity index (χ1v) is 6.63. The number of pyridine rings is 1. The standard InChI is InChI=1S/C14H22N2O/c1-17-14-13(8-5-10-16-14)15-11-9-12-6-3-2-4-7-12/h5,8,10,12,15H,2-4,6-7,9,11H2,1H3. The van der Waals surface area contributed by atoms with E-state index < -0.39 is 0 Å². The highest BCUT2D eigenvalue weighted by atomic mass is 16.5. The molecule has 1 heterocycles. The van der Waals surface area contributed by atoms with Gasteiger partial charge in [0.25, 0.3) is 0 Å². The van der Waals surface area contributed by atoms with Crippen LogP contribution in [0.1, 0.15) is 38.5 Å². The van der Waals surface area contributed by atoms with E-state index in [9.17, 15) is 0 Å². The van der Waals surface area contributed by atoms with E-state index in [1.54, 1.807) is 13.3 Å². The summed E-state index contributed by atoms with van der Waals surface area (Å²) >= 11 is 0. The first kappa shape index (κ1) is 12.2. The van der Waals surface area contributed by atoms with E-state index in [-0.39, 0.29) is 0 Å². The van der Waals surface area contributed by atoms with Gasteiger partial charge in [-0.3, -0.25) is 0 Å². The van der Waals surface area contributed by atoms with Gasteiger partial charge >= 0.3 is 0 Å². The fourth-order valence-corrected chi connectivity index (χ4v) is 2.57. The Morgan fingerprint density at radius 1 is 1.35 bits per heavy atom. The lowest BCUT2D eigenvalue weighted by Crippen LogP contribution is -2.12. The normalized spacial score (nSPS) is 16.8. The fourth-order valence-electron chi connectivity index (χ4n) is 2.57. The van der Waals surface area contributed by atoms with Crippen LogP contribution in [0.15, 0.2) is 18.3 Å². The number of hydrogen-bond donors (Lipinski definition) is 1. The second-order valence-electron chi connectivity index (χ2n) is 4.78. The molecule has 1 aliphatic rings. The van der Waals surface area contributed by atoms with Gasteiger partial charge in [-0.1, -0.05) is 32.1 Å². The molecule has 0 aromatic carbocycles. The summed E-state index contributed by atoms with van der Waals surface area (Å²) in [6.07, 6.45) is 10.1. The zero-order valence-electron chi connectivity index (χ0n) is 10.6. The van der Waals surface area contributed by atoms with Crippen molar-refractivity contribution in [2.75, 3.05) is 19.0 Å². The Kier molecular flexibility index (Phi) is 4.65. The lowest BCUT2D eigenvalue weighted by molar-refractivity contribution is 0.345. The molecule has 3 heteroatoms. The molecule has 94 valence electrons. The van der Waals surface area contributed by atoms with Crippen molar-refractivity contribution in [1.29, 1.82) is 0 Å². The van der Waals surface area contributed by atoms with Gasteiger partial charge in [0.2, 0.25) is 5.88 Å². The maximum absolute atomic E-state index is 5.21. The molecule has 2 rings (SSSR count). The Hall–Kier alpha value is -1.25. The van der Waals surface area contributed by atoms with E-state index in [2.05, 4.69) is 10.3 Å². The number of nitrogens with zero attached hydrogens (tertiary/aromatic N) is 1. The fraction of sp³-hybridized carbons (Fsp3) is 0.643. The molecule has 0 bridgehead atoms. The highest BCUT2D eigenvalue weighted by Crippen LogP contribution is 2.27. The van der Waals surface area contributed by atoms with E-state index in [4.69, 9.17) is 4.74 Å². The summed E-state index contributed by atoms with van der Waals surface area (Å²) in [7, 11) is 1.66. The second kappa shape index (κ2) is 6.48. The van der Waals surface area contributed by atoms with Gasteiger partial charge in [0.15, 0.2) is 0 Å². The van der Waals surface area contributed by atoms with Crippen molar-refractivity contribution in [3.05, 3.63) is 18.3 Å². The Morgan fingerprint density at radius 2 is 2.18 bits per heavy atom. The summed E-state index contributed by atoms with van der Waals surface area (Å²) in [5.74, 6) is 1.61. The van der Waals surface area contributed by atoms with Crippen LogP contribution in [0.3, 0.4) is 0 Å². The summed E-state index contributed by atoms with van der Waals surface area (Å²) in [4.78, 5) is 4.18. The smallest absolute Gasteiger partial charge is 0.237 e. The van der Waals surface area contributed by atoms with Gasteiger partial charge in [-0.05, 0) is 24.5 Å². The van der Waals surface area contributed by atoms with Crippen LogP contribution in [0.25, 0.3) is 0 Å². The zero-order valence-corrected chi connectivity index (χ0v) is 10.6. The first-order chi connectivity index (χ1) is 8.40. The topological polar surface area (TPSA) is 34.1 Å². The molecule has 0 aliphatic heterocycles. The van der Waals surface area contributed by atoms with Crippen LogP contribution in [0, 0.1) is 5.92 Å². The molecule has 0 spiro atoms. The maximum atomic E-state index is 5.21. The molecule has 1 aromatic rings. The van der Waals surface area contributed by atoms with Crippen molar-refractivity contribution < 1.29 is 4.74 Å². The minimum Gasteiger partial charge on any atom is -0.480 e. The molecule has 0 atom stereocenters. The highest BCUT2D eigenvalue weighted by Gasteiger charge is 2.13. The first-order valence-electron chi connectivity index (χ1n) is 6.63. The monoisotopic (exact) mass is 234 g/mol. The minimum absolute atomic E-state index is 0.691. The van der Waals surface area contributed by atoms with Crippen molar-refractivity contribution in [2.24, 2.45) is 5.92 Å². The van der Waals surface area contributed by atoms with Crippen molar-refractivity contribution in [1.82, 2.24) is 4.98 Å². The van der Waals surface area contributed by atoms with Gasteiger partial charge in [0.05, 0.1) is 12.8 Å². The molecule has 1 aromatic heterocycles. The SMILES string of the molecule is COc1ncccc1NCCC1CCCCC1. The number of aromatic nitrogens is 1. The lowest BCUT2D eigenvalue weighted by atomic mass is 9.87. The molecule has 1 fully saturated rings. The van der Waals surface area contributed by atoms with Gasteiger partial charge in [-0.25, -0.2) is 4.98 Å². The molecule has 0 amide bonds. The molecule has 0 radical (unpaired) electrons. The van der Waals surface area contributed by atoms with E-state index in [1.807, 2.05) is 12.1 Å². The molecule has 1 aliphatic carbocycles. The number of anilines is 1. The third-order valence-electron chi connectivity index (χ3n) is 3.56. The van der Waals surface area contributed by atoms with Gasteiger partial charge in [0, 0.05) is 12.7 Å². The van der Waals surface area contributed by atoms with Gasteiger partial charge in [-0.2, -0.15) is 0 Å². The lowest BCUT2D eigenvalue weighted by Gasteiger charge is -2.21. The highest BCUT2D eigenvalue weighted by molar-refractivity contribution is 5.51. The Bertz CT molecular complexity index is 335. The third-order valence-corrected chi connectivity index (χ3v) is 3.56. The molecule has 1 N–H and O–H groups in total. The predicted molar refractivity (Wildman–Crippen MR) is 70.5 cm³/mol. The zero-order chi connectivity index (χ0) is 11.9. The van der Waals surface area contributed by atoms with Crippen molar-refractivity contribution in [2.45, 2.75) is 38.5 Å². The number of hydrogen-bond acceptors (Lipinski definition) is 3. The number of ether oxygens (including phenoxy) is 1. The van der Waals surface area contributed by atoms with Gasteiger partial charge in [-0.15, -0.1) is 0 Å². The second-order valence-corrected chi connectivity index (χ2v) is 4.78. The Morgan fingerprint density at radius 3 is 2.94 bits per heavy atom. The maximum Gasteiger partial charge on any atom is 0.237 e. The van der Waals surface area contributed by atoms with Crippen LogP contribution < -0.4 is 10.1 Å². The molecule has 3 nitrogen and oxygen atoms in total. The van der Waals surface area contributed by atoms with Crippen molar-refractivity contribution in [3.8, 4) is 5.88 Å². The Labute approximate surface area is 104 Å². The van der Waals surface area contributed by atoms with Gasteiger partial charge < -0.3 is 10.1 Å². The quantitative estimate of drug-likeness (QED) is 0.847. The van der Waals surface area contributed by atoms with E-state index in [0.717, 1.165) is 18.2 Å². The average Bonchev–Trinajstić information content (AvgIpc) is 2.40. The predicted octanol–water partition coefficient (Wildman–Crippen LogP) is 3.47. The molecule has 0 unspecified atom stereocenters. The largest absolute Gasteiger partial charge is 0.480 e. The van der Waals surface area contributed by atoms with Crippen LogP contribution in [-0.2, 0) is 0 Å². The van der Waals surface area contributed by atoms with Crippen LogP contribution in [0.2, 0.25) is 0 Å². The molecule has 1 saturated carbocycles. The molecule has 17 heavy (non-hydrogen) atoms. The Balaban J connectivity index is 1.77. The van der Waals surface area contributed by atoms with Crippen LogP contribution in [0.5, 0.6) is 5.88 Å². The summed E-state index contributed by atoms with van der Waals surface area (Å²) in [5, 5.41) is 3.42. The summed E-state index contributed by atoms with van der Waals surface area (Å²) in [5.41, 5.74) is 1.01. The minimum atomic E-state index is 0.691. The number of rotatable bonds is 5. The van der Waals surface area contributed by atoms with Crippen molar-refractivity contribution in [3.63, 3.8) is 0 Å². The number of nitrogens with one attached hydrogen (secondary N) is 1. The van der Waals surface area contributed by atoms with Crippen LogP contribution >= 0.6 is 0 Å². The van der Waals surface area contributed by atoms with Crippen LogP contribution in [-0.4, -0.2) is 18.6 Å². The summed E-state index contributed by atoms with van der Waals surface area (Å²) in [6, 6.07) is 3.96. The van der Waals surface area contributed by atoms with E-state index >= 15 is 0 Å². The average molecular weight is 234 g/mol. The van der Waals surface area contributed by atoms with E-state index in [0.29, 0.717) is 5.88 Å². The summed E-state index contributed by atoms with van der Waals surface area (Å²) in [6.45, 7) is 1.02.